The summed E-state index contributed by atoms with van der Waals surface area (Å²) in [7, 11) is 1.89. The average molecular weight is 286 g/mol. The molecular formula is C16H22N4O. The van der Waals surface area contributed by atoms with Gasteiger partial charge < -0.3 is 4.90 Å². The maximum atomic E-state index is 12.8. The molecule has 5 heteroatoms. The summed E-state index contributed by atoms with van der Waals surface area (Å²) in [6, 6.07) is 1.89. The van der Waals surface area contributed by atoms with E-state index in [1.165, 1.54) is 12.8 Å². The maximum absolute atomic E-state index is 12.8. The summed E-state index contributed by atoms with van der Waals surface area (Å²) in [6.07, 6.45) is 2.49. The molecule has 0 spiro atoms. The van der Waals surface area contributed by atoms with E-state index in [9.17, 15) is 4.79 Å². The highest BCUT2D eigenvalue weighted by Crippen LogP contribution is 2.30. The second-order valence-corrected chi connectivity index (χ2v) is 6.04. The van der Waals surface area contributed by atoms with Gasteiger partial charge in [-0.25, -0.2) is 9.67 Å². The Balaban J connectivity index is 2.08. The average Bonchev–Trinajstić information content (AvgIpc) is 3.20. The molecule has 2 aromatic heterocycles. The first-order valence-electron chi connectivity index (χ1n) is 7.61. The molecule has 2 aromatic rings. The highest BCUT2D eigenvalue weighted by molar-refractivity contribution is 6.06. The summed E-state index contributed by atoms with van der Waals surface area (Å²) < 4.78 is 1.87. The number of nitrogens with zero attached hydrogens (tertiary/aromatic N) is 4. The zero-order valence-electron chi connectivity index (χ0n) is 13.2. The Morgan fingerprint density at radius 1 is 1.43 bits per heavy atom. The Kier molecular flexibility index (Phi) is 3.43. The van der Waals surface area contributed by atoms with Gasteiger partial charge >= 0.3 is 0 Å². The van der Waals surface area contributed by atoms with Crippen molar-refractivity contribution in [1.82, 2.24) is 19.7 Å². The molecule has 0 N–H and O–H groups in total. The van der Waals surface area contributed by atoms with Crippen LogP contribution in [0.2, 0.25) is 0 Å². The molecule has 3 rings (SSSR count). The Hall–Kier alpha value is -1.91. The number of aryl methyl sites for hydroxylation is 3. The molecule has 0 aromatic carbocycles. The number of aromatic nitrogens is 3. The lowest BCUT2D eigenvalue weighted by atomic mass is 10.1. The quantitative estimate of drug-likeness (QED) is 0.868. The molecule has 0 saturated heterocycles. The van der Waals surface area contributed by atoms with Crippen molar-refractivity contribution in [2.45, 2.75) is 40.2 Å². The smallest absolute Gasteiger partial charge is 0.254 e. The van der Waals surface area contributed by atoms with E-state index in [2.05, 4.69) is 10.1 Å². The van der Waals surface area contributed by atoms with E-state index in [1.54, 1.807) is 0 Å². The number of hydrogen-bond donors (Lipinski definition) is 0. The topological polar surface area (TPSA) is 51.0 Å². The van der Waals surface area contributed by atoms with Crippen LogP contribution < -0.4 is 0 Å². The second-order valence-electron chi connectivity index (χ2n) is 6.04. The third-order valence-corrected chi connectivity index (χ3v) is 4.11. The first-order chi connectivity index (χ1) is 10.0. The summed E-state index contributed by atoms with van der Waals surface area (Å²) in [4.78, 5) is 19.2. The van der Waals surface area contributed by atoms with Gasteiger partial charge in [0.1, 0.15) is 0 Å². The number of amides is 1. The fourth-order valence-electron chi connectivity index (χ4n) is 2.84. The summed E-state index contributed by atoms with van der Waals surface area (Å²) in [5.74, 6) is 0.771. The Labute approximate surface area is 125 Å². The van der Waals surface area contributed by atoms with E-state index in [-0.39, 0.29) is 5.91 Å². The van der Waals surface area contributed by atoms with Gasteiger partial charge in [-0.2, -0.15) is 5.10 Å². The minimum absolute atomic E-state index is 0.0798. The van der Waals surface area contributed by atoms with Gasteiger partial charge in [-0.15, -0.1) is 0 Å². The molecule has 0 aliphatic heterocycles. The van der Waals surface area contributed by atoms with Crippen LogP contribution in [0.1, 0.15) is 41.5 Å². The van der Waals surface area contributed by atoms with E-state index < -0.39 is 0 Å². The largest absolute Gasteiger partial charge is 0.341 e. The van der Waals surface area contributed by atoms with Crippen molar-refractivity contribution >= 4 is 16.9 Å². The summed E-state index contributed by atoms with van der Waals surface area (Å²) >= 11 is 0. The molecule has 112 valence electrons. The third kappa shape index (κ3) is 2.52. The lowest BCUT2D eigenvalue weighted by Crippen LogP contribution is -2.29. The number of pyridine rings is 1. The fraction of sp³-hybridized carbons (Fsp3) is 0.562. The van der Waals surface area contributed by atoms with Crippen LogP contribution in [0, 0.1) is 19.8 Å². The van der Waals surface area contributed by atoms with Gasteiger partial charge in [-0.1, -0.05) is 0 Å². The monoisotopic (exact) mass is 286 g/mol. The maximum Gasteiger partial charge on any atom is 0.254 e. The normalized spacial score (nSPS) is 14.7. The second kappa shape index (κ2) is 5.13. The Morgan fingerprint density at radius 2 is 2.14 bits per heavy atom. The van der Waals surface area contributed by atoms with Crippen molar-refractivity contribution < 1.29 is 4.79 Å². The molecule has 0 radical (unpaired) electrons. The highest BCUT2D eigenvalue weighted by atomic mass is 16.2. The zero-order chi connectivity index (χ0) is 15.1. The first kappa shape index (κ1) is 14.0. The van der Waals surface area contributed by atoms with E-state index in [0.717, 1.165) is 41.1 Å². The van der Waals surface area contributed by atoms with Crippen molar-refractivity contribution in [3.63, 3.8) is 0 Å². The van der Waals surface area contributed by atoms with Gasteiger partial charge in [0.15, 0.2) is 5.65 Å². The summed E-state index contributed by atoms with van der Waals surface area (Å²) in [5.41, 5.74) is 3.29. The van der Waals surface area contributed by atoms with Gasteiger partial charge in [0.05, 0.1) is 16.6 Å². The predicted molar refractivity (Wildman–Crippen MR) is 82.4 cm³/mol. The molecule has 0 unspecified atom stereocenters. The third-order valence-electron chi connectivity index (χ3n) is 4.11. The molecule has 1 aliphatic carbocycles. The number of carbonyl (C=O) groups is 1. The van der Waals surface area contributed by atoms with Crippen LogP contribution in [0.25, 0.3) is 11.0 Å². The molecule has 2 heterocycles. The van der Waals surface area contributed by atoms with Crippen LogP contribution in [-0.4, -0.2) is 39.2 Å². The molecule has 1 amide bonds. The molecule has 5 nitrogen and oxygen atoms in total. The SMILES string of the molecule is CCn1nc(C)c2c(C(=O)N(C)CC3CC3)cc(C)nc21. The predicted octanol–water partition coefficient (Wildman–Crippen LogP) is 2.55. The highest BCUT2D eigenvalue weighted by Gasteiger charge is 2.27. The van der Waals surface area contributed by atoms with Crippen LogP contribution in [0.3, 0.4) is 0 Å². The number of carbonyl (C=O) groups excluding carboxylic acids is 1. The summed E-state index contributed by atoms with van der Waals surface area (Å²) in [5, 5.41) is 5.41. The zero-order valence-corrected chi connectivity index (χ0v) is 13.2. The van der Waals surface area contributed by atoms with Crippen LogP contribution in [-0.2, 0) is 6.54 Å². The molecule has 0 atom stereocenters. The van der Waals surface area contributed by atoms with Gasteiger partial charge in [0.2, 0.25) is 0 Å². The molecular weight excluding hydrogens is 264 g/mol. The standard InChI is InChI=1S/C16H22N4O/c1-5-20-15-14(11(3)18-20)13(8-10(2)17-15)16(21)19(4)9-12-6-7-12/h8,12H,5-7,9H2,1-4H3. The van der Waals surface area contributed by atoms with Crippen LogP contribution in [0.4, 0.5) is 0 Å². The molecule has 1 saturated carbocycles. The molecule has 1 fully saturated rings. The molecule has 0 bridgehead atoms. The Morgan fingerprint density at radius 3 is 2.76 bits per heavy atom. The van der Waals surface area contributed by atoms with Crippen LogP contribution >= 0.6 is 0 Å². The van der Waals surface area contributed by atoms with Gasteiger partial charge in [0.25, 0.3) is 5.91 Å². The number of rotatable bonds is 4. The van der Waals surface area contributed by atoms with E-state index in [4.69, 9.17) is 0 Å². The first-order valence-corrected chi connectivity index (χ1v) is 7.61. The van der Waals surface area contributed by atoms with Crippen LogP contribution in [0.15, 0.2) is 6.07 Å². The van der Waals surface area contributed by atoms with Crippen molar-refractivity contribution in [2.75, 3.05) is 13.6 Å². The fourth-order valence-corrected chi connectivity index (χ4v) is 2.84. The molecule has 21 heavy (non-hydrogen) atoms. The lowest BCUT2D eigenvalue weighted by molar-refractivity contribution is 0.0790. The van der Waals surface area contributed by atoms with E-state index in [1.807, 2.05) is 43.5 Å². The van der Waals surface area contributed by atoms with E-state index in [0.29, 0.717) is 5.92 Å². The van der Waals surface area contributed by atoms with Gasteiger partial charge in [0, 0.05) is 25.8 Å². The van der Waals surface area contributed by atoms with Crippen molar-refractivity contribution in [1.29, 1.82) is 0 Å². The minimum Gasteiger partial charge on any atom is -0.341 e. The van der Waals surface area contributed by atoms with Crippen LogP contribution in [0.5, 0.6) is 0 Å². The van der Waals surface area contributed by atoms with Crippen molar-refractivity contribution in [2.24, 2.45) is 5.92 Å². The van der Waals surface area contributed by atoms with Gasteiger partial charge in [-0.05, 0) is 45.6 Å². The van der Waals surface area contributed by atoms with Crippen molar-refractivity contribution in [3.05, 3.63) is 23.0 Å². The lowest BCUT2D eigenvalue weighted by Gasteiger charge is -2.17. The Bertz CT molecular complexity index is 700. The van der Waals surface area contributed by atoms with Crippen molar-refractivity contribution in [3.8, 4) is 0 Å². The van der Waals surface area contributed by atoms with Gasteiger partial charge in [-0.3, -0.25) is 4.79 Å². The number of fused-ring (bicyclic) bond motifs is 1. The molecule has 1 aliphatic rings. The minimum atomic E-state index is 0.0798. The summed E-state index contributed by atoms with van der Waals surface area (Å²) in [6.45, 7) is 7.52. The number of hydrogen-bond acceptors (Lipinski definition) is 3. The van der Waals surface area contributed by atoms with E-state index >= 15 is 0 Å².